The maximum atomic E-state index is 12.6. The van der Waals surface area contributed by atoms with Gasteiger partial charge in [0.25, 0.3) is 0 Å². The van der Waals surface area contributed by atoms with Gasteiger partial charge in [-0.3, -0.25) is 19.5 Å². The molecule has 26 heavy (non-hydrogen) atoms. The number of aromatic nitrogens is 1. The van der Waals surface area contributed by atoms with Crippen LogP contribution in [-0.2, 0) is 9.59 Å². The Bertz CT molecular complexity index is 594. The quantitative estimate of drug-likeness (QED) is 0.824. The third-order valence-electron chi connectivity index (χ3n) is 5.49. The van der Waals surface area contributed by atoms with E-state index in [0.29, 0.717) is 12.5 Å². The molecular formula is C19H28N4O3. The van der Waals surface area contributed by atoms with Crippen LogP contribution in [0.3, 0.4) is 0 Å². The predicted octanol–water partition coefficient (Wildman–Crippen LogP) is 1.31. The Morgan fingerprint density at radius 3 is 2.31 bits per heavy atom. The number of piperazine rings is 1. The molecule has 0 aliphatic carbocycles. The number of carboxylic acid groups (broad SMARTS) is 1. The van der Waals surface area contributed by atoms with Crippen LogP contribution in [-0.4, -0.2) is 77.6 Å². The number of anilines is 1. The summed E-state index contributed by atoms with van der Waals surface area (Å²) in [5, 5.41) is 8.78. The third kappa shape index (κ3) is 5.17. The number of amides is 1. The van der Waals surface area contributed by atoms with Gasteiger partial charge in [0.05, 0.1) is 6.54 Å². The molecule has 2 aliphatic heterocycles. The molecule has 0 saturated carbocycles. The Labute approximate surface area is 154 Å². The Morgan fingerprint density at radius 2 is 1.69 bits per heavy atom. The maximum absolute atomic E-state index is 12.6. The number of carboxylic acids is 1. The summed E-state index contributed by atoms with van der Waals surface area (Å²) in [5.74, 6) is -0.0764. The Hall–Kier alpha value is -2.15. The molecule has 1 N–H and O–H groups in total. The van der Waals surface area contributed by atoms with Gasteiger partial charge in [-0.15, -0.1) is 0 Å². The molecule has 3 rings (SSSR count). The normalized spacial score (nSPS) is 19.5. The van der Waals surface area contributed by atoms with E-state index < -0.39 is 5.97 Å². The van der Waals surface area contributed by atoms with Crippen LogP contribution in [0.25, 0.3) is 0 Å². The van der Waals surface area contributed by atoms with Crippen LogP contribution >= 0.6 is 0 Å². The third-order valence-corrected chi connectivity index (χ3v) is 5.49. The Morgan fingerprint density at radius 1 is 1.04 bits per heavy atom. The summed E-state index contributed by atoms with van der Waals surface area (Å²) in [5.41, 5.74) is 1.19. The Kier molecular flexibility index (Phi) is 6.44. The molecule has 1 aromatic heterocycles. The minimum Gasteiger partial charge on any atom is -0.481 e. The summed E-state index contributed by atoms with van der Waals surface area (Å²) in [7, 11) is 0. The van der Waals surface area contributed by atoms with E-state index in [1.54, 1.807) is 0 Å². The van der Waals surface area contributed by atoms with E-state index in [0.717, 1.165) is 58.5 Å². The van der Waals surface area contributed by atoms with Gasteiger partial charge < -0.3 is 14.9 Å². The molecule has 3 heterocycles. The van der Waals surface area contributed by atoms with Crippen molar-refractivity contribution in [2.24, 2.45) is 5.92 Å². The fraction of sp³-hybridized carbons (Fsp3) is 0.632. The standard InChI is InChI=1S/C19H28N4O3/c24-18(23-9-5-16(6-10-23)1-2-19(25)26)15-21-11-13-22(14-12-21)17-3-7-20-8-4-17/h3-4,7-8,16H,1-2,5-6,9-15H2,(H,25,26). The molecule has 2 saturated heterocycles. The number of carbonyl (C=O) groups excluding carboxylic acids is 1. The first-order chi connectivity index (χ1) is 12.6. The summed E-state index contributed by atoms with van der Waals surface area (Å²) in [4.78, 5) is 33.8. The molecular weight excluding hydrogens is 332 g/mol. The Balaban J connectivity index is 1.38. The lowest BCUT2D eigenvalue weighted by Gasteiger charge is -2.37. The largest absolute Gasteiger partial charge is 0.481 e. The number of piperidine rings is 1. The lowest BCUT2D eigenvalue weighted by molar-refractivity contribution is -0.138. The van der Waals surface area contributed by atoms with E-state index in [2.05, 4.69) is 14.8 Å². The highest BCUT2D eigenvalue weighted by Crippen LogP contribution is 2.22. The van der Waals surface area contributed by atoms with Crippen molar-refractivity contribution < 1.29 is 14.7 Å². The van der Waals surface area contributed by atoms with Crippen LogP contribution in [0.5, 0.6) is 0 Å². The highest BCUT2D eigenvalue weighted by atomic mass is 16.4. The van der Waals surface area contributed by atoms with Gasteiger partial charge in [0, 0.05) is 63.8 Å². The molecule has 0 bridgehead atoms. The first-order valence-electron chi connectivity index (χ1n) is 9.48. The van der Waals surface area contributed by atoms with Gasteiger partial charge >= 0.3 is 5.97 Å². The second-order valence-electron chi connectivity index (χ2n) is 7.23. The van der Waals surface area contributed by atoms with Gasteiger partial charge in [-0.1, -0.05) is 0 Å². The van der Waals surface area contributed by atoms with Gasteiger partial charge in [0.2, 0.25) is 5.91 Å². The molecule has 142 valence electrons. The first-order valence-corrected chi connectivity index (χ1v) is 9.48. The molecule has 0 atom stereocenters. The molecule has 2 fully saturated rings. The number of aliphatic carboxylic acids is 1. The number of rotatable bonds is 6. The van der Waals surface area contributed by atoms with Gasteiger partial charge in [-0.2, -0.15) is 0 Å². The smallest absolute Gasteiger partial charge is 0.303 e. The van der Waals surface area contributed by atoms with Crippen molar-refractivity contribution >= 4 is 17.6 Å². The van der Waals surface area contributed by atoms with E-state index in [9.17, 15) is 9.59 Å². The van der Waals surface area contributed by atoms with Crippen molar-refractivity contribution in [1.82, 2.24) is 14.8 Å². The van der Waals surface area contributed by atoms with Gasteiger partial charge in [0.1, 0.15) is 0 Å². The second kappa shape index (κ2) is 8.98. The van der Waals surface area contributed by atoms with Gasteiger partial charge in [-0.05, 0) is 37.3 Å². The van der Waals surface area contributed by atoms with Crippen LogP contribution in [0.1, 0.15) is 25.7 Å². The fourth-order valence-corrected chi connectivity index (χ4v) is 3.81. The zero-order chi connectivity index (χ0) is 18.4. The van der Waals surface area contributed by atoms with Gasteiger partial charge in [-0.25, -0.2) is 0 Å². The SMILES string of the molecule is O=C(O)CCC1CCN(C(=O)CN2CCN(c3ccncc3)CC2)CC1. The molecule has 0 spiro atoms. The molecule has 7 heteroatoms. The molecule has 1 amide bonds. The molecule has 0 radical (unpaired) electrons. The van der Waals surface area contributed by atoms with Crippen molar-refractivity contribution in [2.45, 2.75) is 25.7 Å². The predicted molar refractivity (Wildman–Crippen MR) is 99.1 cm³/mol. The molecule has 0 aromatic carbocycles. The number of hydrogen-bond acceptors (Lipinski definition) is 5. The minimum atomic E-state index is -0.727. The number of carbonyl (C=O) groups is 2. The van der Waals surface area contributed by atoms with Crippen molar-refractivity contribution in [2.75, 3.05) is 50.7 Å². The number of pyridine rings is 1. The molecule has 7 nitrogen and oxygen atoms in total. The lowest BCUT2D eigenvalue weighted by Crippen LogP contribution is -2.51. The van der Waals surface area contributed by atoms with Gasteiger partial charge in [0.15, 0.2) is 0 Å². The summed E-state index contributed by atoms with van der Waals surface area (Å²) in [6.45, 7) is 5.65. The van der Waals surface area contributed by atoms with Crippen molar-refractivity contribution in [3.63, 3.8) is 0 Å². The van der Waals surface area contributed by atoms with E-state index in [-0.39, 0.29) is 12.3 Å². The number of hydrogen-bond donors (Lipinski definition) is 1. The van der Waals surface area contributed by atoms with Crippen molar-refractivity contribution in [3.05, 3.63) is 24.5 Å². The van der Waals surface area contributed by atoms with E-state index in [4.69, 9.17) is 5.11 Å². The monoisotopic (exact) mass is 360 g/mol. The summed E-state index contributed by atoms with van der Waals surface area (Å²) >= 11 is 0. The highest BCUT2D eigenvalue weighted by molar-refractivity contribution is 5.78. The molecule has 2 aliphatic rings. The minimum absolute atomic E-state index is 0.207. The average Bonchev–Trinajstić information content (AvgIpc) is 2.68. The van der Waals surface area contributed by atoms with Crippen molar-refractivity contribution in [3.8, 4) is 0 Å². The van der Waals surface area contributed by atoms with E-state index in [1.807, 2.05) is 29.4 Å². The van der Waals surface area contributed by atoms with E-state index in [1.165, 1.54) is 5.69 Å². The number of nitrogens with zero attached hydrogens (tertiary/aromatic N) is 4. The highest BCUT2D eigenvalue weighted by Gasteiger charge is 2.25. The van der Waals surface area contributed by atoms with Crippen LogP contribution < -0.4 is 4.90 Å². The van der Waals surface area contributed by atoms with Crippen LogP contribution in [0, 0.1) is 5.92 Å². The molecule has 1 aromatic rings. The summed E-state index contributed by atoms with van der Waals surface area (Å²) in [6, 6.07) is 4.05. The number of likely N-dealkylation sites (tertiary alicyclic amines) is 1. The molecule has 0 unspecified atom stereocenters. The maximum Gasteiger partial charge on any atom is 0.303 e. The van der Waals surface area contributed by atoms with E-state index >= 15 is 0 Å². The lowest BCUT2D eigenvalue weighted by atomic mass is 9.92. The van der Waals surface area contributed by atoms with Crippen LogP contribution in [0.15, 0.2) is 24.5 Å². The zero-order valence-corrected chi connectivity index (χ0v) is 15.2. The summed E-state index contributed by atoms with van der Waals surface area (Å²) in [6.07, 6.45) is 6.44. The summed E-state index contributed by atoms with van der Waals surface area (Å²) < 4.78 is 0. The topological polar surface area (TPSA) is 77.0 Å². The second-order valence-corrected chi connectivity index (χ2v) is 7.23. The van der Waals surface area contributed by atoms with Crippen LogP contribution in [0.4, 0.5) is 5.69 Å². The fourth-order valence-electron chi connectivity index (χ4n) is 3.81. The average molecular weight is 360 g/mol. The zero-order valence-electron chi connectivity index (χ0n) is 15.2. The van der Waals surface area contributed by atoms with Crippen molar-refractivity contribution in [1.29, 1.82) is 0 Å². The van der Waals surface area contributed by atoms with Crippen LogP contribution in [0.2, 0.25) is 0 Å². The first kappa shape index (κ1) is 18.6.